The lowest BCUT2D eigenvalue weighted by molar-refractivity contribution is -0.138. The van der Waals surface area contributed by atoms with Crippen molar-refractivity contribution in [2.75, 3.05) is 0 Å². The van der Waals surface area contributed by atoms with Crippen molar-refractivity contribution < 1.29 is 14.4 Å². The molecule has 1 heterocycles. The summed E-state index contributed by atoms with van der Waals surface area (Å²) in [5.74, 6) is -0.330. The van der Waals surface area contributed by atoms with Crippen LogP contribution in [0.4, 0.5) is 0 Å². The minimum Gasteiger partial charge on any atom is -0.481 e. The number of carboxylic acids is 1. The van der Waals surface area contributed by atoms with Crippen molar-refractivity contribution in [1.29, 1.82) is 0 Å². The topological polar surface area (TPSA) is 76.2 Å². The molecule has 0 aliphatic heterocycles. The van der Waals surface area contributed by atoms with Crippen molar-refractivity contribution >= 4 is 5.97 Å². The van der Waals surface area contributed by atoms with Gasteiger partial charge in [-0.3, -0.25) is 4.79 Å². The van der Waals surface area contributed by atoms with E-state index in [0.29, 0.717) is 18.1 Å². The second-order valence-corrected chi connectivity index (χ2v) is 4.61. The molecule has 0 saturated heterocycles. The van der Waals surface area contributed by atoms with Crippen LogP contribution in [0, 0.1) is 12.8 Å². The highest BCUT2D eigenvalue weighted by molar-refractivity contribution is 5.74. The van der Waals surface area contributed by atoms with Gasteiger partial charge in [0.1, 0.15) is 0 Å². The molecule has 0 spiro atoms. The monoisotopic (exact) mass is 244 g/mol. The number of hydrogen-bond donors (Lipinski definition) is 1. The van der Waals surface area contributed by atoms with Crippen LogP contribution in [0.1, 0.15) is 23.8 Å². The first-order valence-corrected chi connectivity index (χ1v) is 5.78. The van der Waals surface area contributed by atoms with Crippen molar-refractivity contribution in [1.82, 2.24) is 10.1 Å². The zero-order valence-corrected chi connectivity index (χ0v) is 9.83. The van der Waals surface area contributed by atoms with Gasteiger partial charge in [-0.2, -0.15) is 4.98 Å². The summed E-state index contributed by atoms with van der Waals surface area (Å²) in [6, 6.07) is 7.79. The van der Waals surface area contributed by atoms with Gasteiger partial charge in [0.2, 0.25) is 11.7 Å². The van der Waals surface area contributed by atoms with Gasteiger partial charge in [0, 0.05) is 5.56 Å². The quantitative estimate of drug-likeness (QED) is 0.895. The average molecular weight is 244 g/mol. The van der Waals surface area contributed by atoms with E-state index < -0.39 is 5.97 Å². The Hall–Kier alpha value is -2.17. The Morgan fingerprint density at radius 3 is 3.00 bits per heavy atom. The van der Waals surface area contributed by atoms with Crippen LogP contribution in [-0.4, -0.2) is 21.2 Å². The molecule has 1 aliphatic carbocycles. The van der Waals surface area contributed by atoms with Crippen molar-refractivity contribution in [3.63, 3.8) is 0 Å². The summed E-state index contributed by atoms with van der Waals surface area (Å²) in [5, 5.41) is 12.8. The summed E-state index contributed by atoms with van der Waals surface area (Å²) < 4.78 is 5.14. The number of aliphatic carboxylic acids is 1. The third kappa shape index (κ3) is 1.88. The molecule has 18 heavy (non-hydrogen) atoms. The Bertz CT molecular complexity index is 606. The molecule has 2 atom stereocenters. The SMILES string of the molecule is Cc1cccc(-c2noc(C3CC3C(=O)O)n2)c1. The number of benzene rings is 1. The number of hydrogen-bond acceptors (Lipinski definition) is 4. The normalized spacial score (nSPS) is 21.8. The number of carboxylic acid groups (broad SMARTS) is 1. The van der Waals surface area contributed by atoms with Crippen LogP contribution in [0.5, 0.6) is 0 Å². The molecule has 2 aromatic rings. The number of nitrogens with zero attached hydrogens (tertiary/aromatic N) is 2. The highest BCUT2D eigenvalue weighted by Gasteiger charge is 2.48. The summed E-state index contributed by atoms with van der Waals surface area (Å²) in [4.78, 5) is 15.1. The van der Waals surface area contributed by atoms with E-state index in [9.17, 15) is 4.79 Å². The lowest BCUT2D eigenvalue weighted by atomic mass is 10.1. The van der Waals surface area contributed by atoms with E-state index in [0.717, 1.165) is 11.1 Å². The van der Waals surface area contributed by atoms with Crippen molar-refractivity contribution in [3.8, 4) is 11.4 Å². The fraction of sp³-hybridized carbons (Fsp3) is 0.308. The average Bonchev–Trinajstić information content (AvgIpc) is 3.00. The zero-order valence-electron chi connectivity index (χ0n) is 9.83. The first-order valence-electron chi connectivity index (χ1n) is 5.78. The van der Waals surface area contributed by atoms with Gasteiger partial charge in [-0.05, 0) is 19.4 Å². The molecule has 1 aromatic carbocycles. The number of carbonyl (C=O) groups is 1. The molecule has 1 saturated carbocycles. The van der Waals surface area contributed by atoms with Gasteiger partial charge in [0.15, 0.2) is 0 Å². The summed E-state index contributed by atoms with van der Waals surface area (Å²) >= 11 is 0. The summed E-state index contributed by atoms with van der Waals surface area (Å²) in [6.07, 6.45) is 0.588. The molecule has 1 aliphatic rings. The standard InChI is InChI=1S/C13H12N2O3/c1-7-3-2-4-8(5-7)11-14-12(18-15-11)9-6-10(9)13(16)17/h2-5,9-10H,6H2,1H3,(H,16,17). The smallest absolute Gasteiger partial charge is 0.307 e. The van der Waals surface area contributed by atoms with E-state index >= 15 is 0 Å². The molecule has 5 nitrogen and oxygen atoms in total. The van der Waals surface area contributed by atoms with E-state index in [1.807, 2.05) is 31.2 Å². The van der Waals surface area contributed by atoms with Crippen LogP contribution < -0.4 is 0 Å². The van der Waals surface area contributed by atoms with Crippen molar-refractivity contribution in [2.24, 2.45) is 5.92 Å². The third-order valence-electron chi connectivity index (χ3n) is 3.14. The first kappa shape index (κ1) is 11.0. The Morgan fingerprint density at radius 2 is 2.33 bits per heavy atom. The van der Waals surface area contributed by atoms with Gasteiger partial charge >= 0.3 is 5.97 Å². The molecule has 1 aromatic heterocycles. The highest BCUT2D eigenvalue weighted by Crippen LogP contribution is 2.47. The van der Waals surface area contributed by atoms with E-state index in [-0.39, 0.29) is 11.8 Å². The maximum atomic E-state index is 10.8. The molecule has 1 fully saturated rings. The van der Waals surface area contributed by atoms with Gasteiger partial charge in [-0.25, -0.2) is 0 Å². The largest absolute Gasteiger partial charge is 0.481 e. The third-order valence-corrected chi connectivity index (χ3v) is 3.14. The number of aromatic nitrogens is 2. The van der Waals surface area contributed by atoms with Gasteiger partial charge in [-0.1, -0.05) is 28.9 Å². The van der Waals surface area contributed by atoms with Crippen LogP contribution in [0.25, 0.3) is 11.4 Å². The molecule has 0 bridgehead atoms. The zero-order chi connectivity index (χ0) is 12.7. The maximum absolute atomic E-state index is 10.8. The fourth-order valence-corrected chi connectivity index (χ4v) is 2.03. The Kier molecular flexibility index (Phi) is 2.40. The minimum absolute atomic E-state index is 0.117. The molecule has 1 N–H and O–H groups in total. The molecular formula is C13H12N2O3. The predicted octanol–water partition coefficient (Wildman–Crippen LogP) is 2.23. The molecule has 0 radical (unpaired) electrons. The minimum atomic E-state index is -0.796. The van der Waals surface area contributed by atoms with Gasteiger partial charge < -0.3 is 9.63 Å². The highest BCUT2D eigenvalue weighted by atomic mass is 16.5. The van der Waals surface area contributed by atoms with E-state index in [4.69, 9.17) is 9.63 Å². The van der Waals surface area contributed by atoms with Crippen LogP contribution in [0.15, 0.2) is 28.8 Å². The summed E-state index contributed by atoms with van der Waals surface area (Å²) in [6.45, 7) is 1.99. The number of rotatable bonds is 3. The summed E-state index contributed by atoms with van der Waals surface area (Å²) in [7, 11) is 0. The lowest BCUT2D eigenvalue weighted by Crippen LogP contribution is -1.98. The van der Waals surface area contributed by atoms with Gasteiger partial charge in [0.05, 0.1) is 11.8 Å². The Labute approximate surface area is 103 Å². The molecule has 0 amide bonds. The van der Waals surface area contributed by atoms with Gasteiger partial charge in [0.25, 0.3) is 0 Å². The number of aryl methyl sites for hydroxylation is 1. The Balaban J connectivity index is 1.84. The second kappa shape index (κ2) is 3.94. The van der Waals surface area contributed by atoms with E-state index in [1.165, 1.54) is 0 Å². The van der Waals surface area contributed by atoms with E-state index in [2.05, 4.69) is 10.1 Å². The molecular weight excluding hydrogens is 232 g/mol. The fourth-order valence-electron chi connectivity index (χ4n) is 2.03. The predicted molar refractivity (Wildman–Crippen MR) is 63.0 cm³/mol. The van der Waals surface area contributed by atoms with Crippen molar-refractivity contribution in [2.45, 2.75) is 19.3 Å². The van der Waals surface area contributed by atoms with Crippen molar-refractivity contribution in [3.05, 3.63) is 35.7 Å². The molecule has 92 valence electrons. The van der Waals surface area contributed by atoms with Gasteiger partial charge in [-0.15, -0.1) is 0 Å². The molecule has 3 rings (SSSR count). The van der Waals surface area contributed by atoms with E-state index in [1.54, 1.807) is 0 Å². The molecule has 2 unspecified atom stereocenters. The van der Waals surface area contributed by atoms with Crippen LogP contribution in [0.3, 0.4) is 0 Å². The maximum Gasteiger partial charge on any atom is 0.307 e. The summed E-state index contributed by atoms with van der Waals surface area (Å²) in [5.41, 5.74) is 2.01. The van der Waals surface area contributed by atoms with Crippen LogP contribution in [0.2, 0.25) is 0 Å². The van der Waals surface area contributed by atoms with Crippen LogP contribution >= 0.6 is 0 Å². The first-order chi connectivity index (χ1) is 8.65. The lowest BCUT2D eigenvalue weighted by Gasteiger charge is -1.95. The molecule has 5 heteroatoms. The van der Waals surface area contributed by atoms with Crippen LogP contribution in [-0.2, 0) is 4.79 Å². The second-order valence-electron chi connectivity index (χ2n) is 4.61. The Morgan fingerprint density at radius 1 is 1.50 bits per heavy atom.